The third kappa shape index (κ3) is 5.72. The Labute approximate surface area is 146 Å². The third-order valence-corrected chi connectivity index (χ3v) is 3.66. The zero-order valence-corrected chi connectivity index (χ0v) is 14.0. The number of hydrogen-bond donors (Lipinski definition) is 4. The SMILES string of the molecule is COc1cccc(CC(NC(=O)NCc2ccc(N)cc2)C(N)=O)c1. The van der Waals surface area contributed by atoms with Crippen molar-refractivity contribution in [3.8, 4) is 5.75 Å². The summed E-state index contributed by atoms with van der Waals surface area (Å²) in [5.74, 6) is 0.0685. The molecule has 0 aliphatic rings. The maximum atomic E-state index is 12.0. The molecular formula is C18H22N4O3. The van der Waals surface area contributed by atoms with Gasteiger partial charge < -0.3 is 26.8 Å². The first-order chi connectivity index (χ1) is 12.0. The Morgan fingerprint density at radius 3 is 2.48 bits per heavy atom. The van der Waals surface area contributed by atoms with Crippen molar-refractivity contribution in [1.29, 1.82) is 0 Å². The fourth-order valence-electron chi connectivity index (χ4n) is 2.28. The van der Waals surface area contributed by atoms with Gasteiger partial charge in [-0.3, -0.25) is 4.79 Å². The predicted molar refractivity (Wildman–Crippen MR) is 95.9 cm³/mol. The Hall–Kier alpha value is -3.22. The standard InChI is InChI=1S/C18H22N4O3/c1-25-15-4-2-3-13(9-15)10-16(17(20)23)22-18(24)21-11-12-5-7-14(19)8-6-12/h2-9,16H,10-11,19H2,1H3,(H2,20,23)(H2,21,22,24). The van der Waals surface area contributed by atoms with E-state index in [0.717, 1.165) is 11.1 Å². The topological polar surface area (TPSA) is 119 Å². The smallest absolute Gasteiger partial charge is 0.315 e. The maximum absolute atomic E-state index is 12.0. The monoisotopic (exact) mass is 342 g/mol. The summed E-state index contributed by atoms with van der Waals surface area (Å²) in [5, 5.41) is 5.28. The van der Waals surface area contributed by atoms with E-state index in [1.165, 1.54) is 0 Å². The summed E-state index contributed by atoms with van der Waals surface area (Å²) >= 11 is 0. The number of hydrogen-bond acceptors (Lipinski definition) is 4. The largest absolute Gasteiger partial charge is 0.497 e. The van der Waals surface area contributed by atoms with Crippen molar-refractivity contribution < 1.29 is 14.3 Å². The molecule has 0 bridgehead atoms. The second kappa shape index (κ2) is 8.58. The van der Waals surface area contributed by atoms with Gasteiger partial charge in [-0.15, -0.1) is 0 Å². The van der Waals surface area contributed by atoms with Gasteiger partial charge in [0.1, 0.15) is 11.8 Å². The molecule has 25 heavy (non-hydrogen) atoms. The number of primary amides is 1. The van der Waals surface area contributed by atoms with Gasteiger partial charge in [-0.05, 0) is 35.4 Å². The number of carbonyl (C=O) groups is 2. The summed E-state index contributed by atoms with van der Waals surface area (Å²) in [5.41, 5.74) is 13.4. The molecule has 2 aromatic rings. The van der Waals surface area contributed by atoms with Crippen LogP contribution in [0.3, 0.4) is 0 Å². The number of urea groups is 1. The third-order valence-electron chi connectivity index (χ3n) is 3.66. The molecule has 6 N–H and O–H groups in total. The van der Waals surface area contributed by atoms with Crippen LogP contribution in [0.15, 0.2) is 48.5 Å². The van der Waals surface area contributed by atoms with E-state index in [2.05, 4.69) is 10.6 Å². The summed E-state index contributed by atoms with van der Waals surface area (Å²) in [6.07, 6.45) is 0.280. The van der Waals surface area contributed by atoms with E-state index in [9.17, 15) is 9.59 Å². The lowest BCUT2D eigenvalue weighted by Crippen LogP contribution is -2.49. The van der Waals surface area contributed by atoms with Gasteiger partial charge in [-0.2, -0.15) is 0 Å². The minimum Gasteiger partial charge on any atom is -0.497 e. The molecule has 0 radical (unpaired) electrons. The minimum atomic E-state index is -0.821. The summed E-state index contributed by atoms with van der Waals surface area (Å²) < 4.78 is 5.15. The van der Waals surface area contributed by atoms with Crippen molar-refractivity contribution in [1.82, 2.24) is 10.6 Å². The minimum absolute atomic E-state index is 0.280. The highest BCUT2D eigenvalue weighted by Crippen LogP contribution is 2.14. The van der Waals surface area contributed by atoms with Gasteiger partial charge in [0.2, 0.25) is 5.91 Å². The first-order valence-electron chi connectivity index (χ1n) is 7.79. The van der Waals surface area contributed by atoms with Crippen LogP contribution in [-0.4, -0.2) is 25.1 Å². The van der Waals surface area contributed by atoms with Crippen LogP contribution in [0.5, 0.6) is 5.75 Å². The number of nitrogens with two attached hydrogens (primary N) is 2. The average Bonchev–Trinajstić information content (AvgIpc) is 2.60. The number of nitrogen functional groups attached to an aromatic ring is 1. The molecule has 132 valence electrons. The van der Waals surface area contributed by atoms with Crippen molar-refractivity contribution in [3.05, 3.63) is 59.7 Å². The van der Waals surface area contributed by atoms with Crippen molar-refractivity contribution in [2.75, 3.05) is 12.8 Å². The van der Waals surface area contributed by atoms with Crippen molar-refractivity contribution >= 4 is 17.6 Å². The van der Waals surface area contributed by atoms with Crippen LogP contribution < -0.4 is 26.8 Å². The Kier molecular flexibility index (Phi) is 6.22. The van der Waals surface area contributed by atoms with E-state index in [1.807, 2.05) is 24.3 Å². The molecule has 7 heteroatoms. The second-order valence-electron chi connectivity index (χ2n) is 5.58. The number of rotatable bonds is 7. The van der Waals surface area contributed by atoms with E-state index < -0.39 is 18.0 Å². The zero-order chi connectivity index (χ0) is 18.2. The van der Waals surface area contributed by atoms with Gasteiger partial charge in [0, 0.05) is 18.7 Å². The molecule has 7 nitrogen and oxygen atoms in total. The lowest BCUT2D eigenvalue weighted by atomic mass is 10.1. The quantitative estimate of drug-likeness (QED) is 0.565. The fraction of sp³-hybridized carbons (Fsp3) is 0.222. The number of amides is 3. The highest BCUT2D eigenvalue weighted by molar-refractivity contribution is 5.86. The molecule has 2 aromatic carbocycles. The summed E-state index contributed by atoms with van der Waals surface area (Å²) in [6, 6.07) is 13.1. The van der Waals surface area contributed by atoms with Crippen LogP contribution in [0, 0.1) is 0 Å². The van der Waals surface area contributed by atoms with E-state index in [1.54, 1.807) is 31.4 Å². The number of anilines is 1. The molecule has 0 spiro atoms. The van der Waals surface area contributed by atoms with Gasteiger partial charge >= 0.3 is 6.03 Å². The summed E-state index contributed by atoms with van der Waals surface area (Å²) in [4.78, 5) is 23.7. The molecule has 0 fully saturated rings. The van der Waals surface area contributed by atoms with Crippen LogP contribution in [-0.2, 0) is 17.8 Å². The molecule has 0 aromatic heterocycles. The molecule has 0 heterocycles. The Morgan fingerprint density at radius 2 is 1.84 bits per heavy atom. The number of benzene rings is 2. The molecule has 3 amide bonds. The van der Waals surface area contributed by atoms with Crippen molar-refractivity contribution in [3.63, 3.8) is 0 Å². The highest BCUT2D eigenvalue weighted by Gasteiger charge is 2.18. The molecule has 0 aliphatic carbocycles. The Balaban J connectivity index is 1.92. The lowest BCUT2D eigenvalue weighted by Gasteiger charge is -2.16. The summed E-state index contributed by atoms with van der Waals surface area (Å²) in [7, 11) is 1.56. The van der Waals surface area contributed by atoms with Crippen LogP contribution in [0.4, 0.5) is 10.5 Å². The molecular weight excluding hydrogens is 320 g/mol. The number of methoxy groups -OCH3 is 1. The predicted octanol–water partition coefficient (Wildman–Crippen LogP) is 1.17. The average molecular weight is 342 g/mol. The first kappa shape index (κ1) is 18.1. The molecule has 2 rings (SSSR count). The van der Waals surface area contributed by atoms with Crippen LogP contribution in [0.2, 0.25) is 0 Å². The van der Waals surface area contributed by atoms with E-state index in [4.69, 9.17) is 16.2 Å². The Bertz CT molecular complexity index is 731. The van der Waals surface area contributed by atoms with Gasteiger partial charge in [0.25, 0.3) is 0 Å². The molecule has 1 atom stereocenters. The zero-order valence-electron chi connectivity index (χ0n) is 14.0. The first-order valence-corrected chi connectivity index (χ1v) is 7.79. The number of nitrogens with one attached hydrogen (secondary N) is 2. The van der Waals surface area contributed by atoms with Gasteiger partial charge in [-0.1, -0.05) is 24.3 Å². The maximum Gasteiger partial charge on any atom is 0.315 e. The number of carbonyl (C=O) groups excluding carboxylic acids is 2. The second-order valence-corrected chi connectivity index (χ2v) is 5.58. The van der Waals surface area contributed by atoms with Gasteiger partial charge in [-0.25, -0.2) is 4.79 Å². The van der Waals surface area contributed by atoms with E-state index in [0.29, 0.717) is 18.0 Å². The number of ether oxygens (including phenoxy) is 1. The Morgan fingerprint density at radius 1 is 1.12 bits per heavy atom. The molecule has 0 saturated heterocycles. The molecule has 0 aliphatic heterocycles. The summed E-state index contributed by atoms with van der Waals surface area (Å²) in [6.45, 7) is 0.316. The van der Waals surface area contributed by atoms with Gasteiger partial charge in [0.05, 0.1) is 7.11 Å². The fourth-order valence-corrected chi connectivity index (χ4v) is 2.28. The van der Waals surface area contributed by atoms with Gasteiger partial charge in [0.15, 0.2) is 0 Å². The van der Waals surface area contributed by atoms with E-state index in [-0.39, 0.29) is 6.42 Å². The lowest BCUT2D eigenvalue weighted by molar-refractivity contribution is -0.119. The van der Waals surface area contributed by atoms with Crippen molar-refractivity contribution in [2.24, 2.45) is 5.73 Å². The molecule has 1 unspecified atom stereocenters. The highest BCUT2D eigenvalue weighted by atomic mass is 16.5. The van der Waals surface area contributed by atoms with Crippen LogP contribution >= 0.6 is 0 Å². The molecule has 0 saturated carbocycles. The normalized spacial score (nSPS) is 11.4. The van der Waals surface area contributed by atoms with Crippen LogP contribution in [0.25, 0.3) is 0 Å². The van der Waals surface area contributed by atoms with E-state index >= 15 is 0 Å². The van der Waals surface area contributed by atoms with Crippen molar-refractivity contribution in [2.45, 2.75) is 19.0 Å². The van der Waals surface area contributed by atoms with Crippen LogP contribution in [0.1, 0.15) is 11.1 Å².